The SMILES string of the molecule is Cc1ncccc1-c1cnc(N)[nH]1. The molecule has 2 aromatic rings. The summed E-state index contributed by atoms with van der Waals surface area (Å²) in [5.41, 5.74) is 8.38. The third-order valence-corrected chi connectivity index (χ3v) is 1.89. The Balaban J connectivity index is 2.52. The summed E-state index contributed by atoms with van der Waals surface area (Å²) in [4.78, 5) is 11.1. The van der Waals surface area contributed by atoms with Gasteiger partial charge in [-0.2, -0.15) is 0 Å². The monoisotopic (exact) mass is 174 g/mol. The van der Waals surface area contributed by atoms with Gasteiger partial charge in [-0.15, -0.1) is 0 Å². The fourth-order valence-electron chi connectivity index (χ4n) is 1.24. The van der Waals surface area contributed by atoms with Crippen molar-refractivity contribution in [3.05, 3.63) is 30.2 Å². The molecule has 0 spiro atoms. The number of rotatable bonds is 1. The number of H-pyrrole nitrogens is 1. The zero-order valence-electron chi connectivity index (χ0n) is 7.28. The quantitative estimate of drug-likeness (QED) is 0.686. The van der Waals surface area contributed by atoms with E-state index < -0.39 is 0 Å². The fourth-order valence-corrected chi connectivity index (χ4v) is 1.24. The summed E-state index contributed by atoms with van der Waals surface area (Å²) in [5.74, 6) is 0.429. The molecule has 66 valence electrons. The fraction of sp³-hybridized carbons (Fsp3) is 0.111. The lowest BCUT2D eigenvalue weighted by Crippen LogP contribution is -1.88. The van der Waals surface area contributed by atoms with E-state index in [1.807, 2.05) is 19.1 Å². The Kier molecular flexibility index (Phi) is 1.73. The maximum atomic E-state index is 5.48. The average molecular weight is 174 g/mol. The number of hydrogen-bond acceptors (Lipinski definition) is 3. The summed E-state index contributed by atoms with van der Waals surface area (Å²) in [6.07, 6.45) is 3.47. The standard InChI is InChI=1S/C9H10N4/c1-6-7(3-2-4-11-6)8-5-12-9(10)13-8/h2-5H,1H3,(H3,10,12,13). The number of aromatic nitrogens is 3. The molecule has 13 heavy (non-hydrogen) atoms. The molecule has 0 aliphatic heterocycles. The van der Waals surface area contributed by atoms with Crippen LogP contribution in [0.2, 0.25) is 0 Å². The highest BCUT2D eigenvalue weighted by atomic mass is 15.0. The van der Waals surface area contributed by atoms with Gasteiger partial charge in [0.05, 0.1) is 11.9 Å². The summed E-state index contributed by atoms with van der Waals surface area (Å²) in [6.45, 7) is 1.95. The lowest BCUT2D eigenvalue weighted by Gasteiger charge is -1.99. The highest BCUT2D eigenvalue weighted by Gasteiger charge is 2.03. The summed E-state index contributed by atoms with van der Waals surface area (Å²) in [7, 11) is 0. The topological polar surface area (TPSA) is 67.6 Å². The third-order valence-electron chi connectivity index (χ3n) is 1.89. The van der Waals surface area contributed by atoms with Crippen molar-refractivity contribution >= 4 is 5.95 Å². The van der Waals surface area contributed by atoms with Crippen LogP contribution in [0, 0.1) is 6.92 Å². The van der Waals surface area contributed by atoms with Crippen LogP contribution in [0.15, 0.2) is 24.5 Å². The summed E-state index contributed by atoms with van der Waals surface area (Å²) in [6, 6.07) is 3.87. The predicted molar refractivity (Wildman–Crippen MR) is 51.0 cm³/mol. The Labute approximate surface area is 75.8 Å². The minimum absolute atomic E-state index is 0.429. The van der Waals surface area contributed by atoms with Crippen LogP contribution in [-0.4, -0.2) is 15.0 Å². The highest BCUT2D eigenvalue weighted by molar-refractivity contribution is 5.61. The molecule has 3 N–H and O–H groups in total. The van der Waals surface area contributed by atoms with Crippen LogP contribution in [0.1, 0.15) is 5.69 Å². The molecular weight excluding hydrogens is 164 g/mol. The molecule has 0 bridgehead atoms. The maximum absolute atomic E-state index is 5.48. The number of nitrogen functional groups attached to an aromatic ring is 1. The molecule has 0 aromatic carbocycles. The van der Waals surface area contributed by atoms with E-state index in [-0.39, 0.29) is 0 Å². The zero-order chi connectivity index (χ0) is 9.26. The molecule has 0 aliphatic carbocycles. The first-order valence-corrected chi connectivity index (χ1v) is 4.00. The minimum atomic E-state index is 0.429. The van der Waals surface area contributed by atoms with Gasteiger partial charge in [-0.3, -0.25) is 4.98 Å². The normalized spacial score (nSPS) is 10.2. The number of nitrogens with two attached hydrogens (primary N) is 1. The lowest BCUT2D eigenvalue weighted by molar-refractivity contribution is 1.19. The molecule has 0 radical (unpaired) electrons. The summed E-state index contributed by atoms with van der Waals surface area (Å²) < 4.78 is 0. The number of nitrogens with zero attached hydrogens (tertiary/aromatic N) is 2. The van der Waals surface area contributed by atoms with E-state index in [4.69, 9.17) is 5.73 Å². The molecule has 0 fully saturated rings. The third kappa shape index (κ3) is 1.38. The van der Waals surface area contributed by atoms with Crippen molar-refractivity contribution in [2.24, 2.45) is 0 Å². The van der Waals surface area contributed by atoms with E-state index >= 15 is 0 Å². The first kappa shape index (κ1) is 7.79. The van der Waals surface area contributed by atoms with E-state index in [2.05, 4.69) is 15.0 Å². The predicted octanol–water partition coefficient (Wildman–Crippen LogP) is 1.36. The number of anilines is 1. The van der Waals surface area contributed by atoms with Gasteiger partial charge >= 0.3 is 0 Å². The average Bonchev–Trinajstić information content (AvgIpc) is 2.53. The van der Waals surface area contributed by atoms with Crippen LogP contribution in [0.5, 0.6) is 0 Å². The molecule has 0 saturated carbocycles. The van der Waals surface area contributed by atoms with Crippen molar-refractivity contribution in [1.82, 2.24) is 15.0 Å². The van der Waals surface area contributed by atoms with Gasteiger partial charge in [-0.05, 0) is 19.1 Å². The molecular formula is C9H10N4. The second-order valence-corrected chi connectivity index (χ2v) is 2.82. The Morgan fingerprint density at radius 2 is 2.23 bits per heavy atom. The second kappa shape index (κ2) is 2.90. The van der Waals surface area contributed by atoms with Gasteiger partial charge in [0.15, 0.2) is 5.95 Å². The van der Waals surface area contributed by atoms with Gasteiger partial charge < -0.3 is 10.7 Å². The molecule has 2 heterocycles. The number of imidazole rings is 1. The molecule has 0 unspecified atom stereocenters. The van der Waals surface area contributed by atoms with Crippen molar-refractivity contribution in [3.8, 4) is 11.3 Å². The number of aryl methyl sites for hydroxylation is 1. The number of aromatic amines is 1. The smallest absolute Gasteiger partial charge is 0.197 e. The van der Waals surface area contributed by atoms with E-state index in [0.29, 0.717) is 5.95 Å². The van der Waals surface area contributed by atoms with Gasteiger partial charge in [0.2, 0.25) is 0 Å². The molecule has 2 aromatic heterocycles. The van der Waals surface area contributed by atoms with Gasteiger partial charge in [-0.1, -0.05) is 0 Å². The number of pyridine rings is 1. The Bertz CT molecular complexity index is 419. The van der Waals surface area contributed by atoms with E-state index in [1.165, 1.54) is 0 Å². The van der Waals surface area contributed by atoms with Crippen LogP contribution in [0.3, 0.4) is 0 Å². The minimum Gasteiger partial charge on any atom is -0.369 e. The summed E-state index contributed by atoms with van der Waals surface area (Å²) in [5, 5.41) is 0. The molecule has 0 saturated heterocycles. The highest BCUT2D eigenvalue weighted by Crippen LogP contribution is 2.19. The van der Waals surface area contributed by atoms with Crippen molar-refractivity contribution in [2.75, 3.05) is 5.73 Å². The van der Waals surface area contributed by atoms with E-state index in [0.717, 1.165) is 17.0 Å². The Morgan fingerprint density at radius 3 is 2.85 bits per heavy atom. The van der Waals surface area contributed by atoms with E-state index in [1.54, 1.807) is 12.4 Å². The van der Waals surface area contributed by atoms with Crippen molar-refractivity contribution in [3.63, 3.8) is 0 Å². The van der Waals surface area contributed by atoms with Crippen molar-refractivity contribution < 1.29 is 0 Å². The molecule has 4 nitrogen and oxygen atoms in total. The first-order chi connectivity index (χ1) is 6.27. The van der Waals surface area contributed by atoms with Crippen molar-refractivity contribution in [1.29, 1.82) is 0 Å². The molecule has 0 aliphatic rings. The molecule has 4 heteroatoms. The van der Waals surface area contributed by atoms with Crippen molar-refractivity contribution in [2.45, 2.75) is 6.92 Å². The largest absolute Gasteiger partial charge is 0.369 e. The van der Waals surface area contributed by atoms with Crippen LogP contribution >= 0.6 is 0 Å². The van der Waals surface area contributed by atoms with E-state index in [9.17, 15) is 0 Å². The number of hydrogen-bond donors (Lipinski definition) is 2. The van der Waals surface area contributed by atoms with Crippen LogP contribution in [-0.2, 0) is 0 Å². The molecule has 0 atom stereocenters. The molecule has 2 rings (SSSR count). The zero-order valence-corrected chi connectivity index (χ0v) is 7.28. The number of nitrogens with one attached hydrogen (secondary N) is 1. The Morgan fingerprint density at radius 1 is 1.38 bits per heavy atom. The second-order valence-electron chi connectivity index (χ2n) is 2.82. The molecule has 0 amide bonds. The van der Waals surface area contributed by atoms with Gasteiger partial charge in [0, 0.05) is 17.5 Å². The lowest BCUT2D eigenvalue weighted by atomic mass is 10.1. The van der Waals surface area contributed by atoms with Gasteiger partial charge in [0.1, 0.15) is 0 Å². The van der Waals surface area contributed by atoms with Crippen LogP contribution in [0.4, 0.5) is 5.95 Å². The maximum Gasteiger partial charge on any atom is 0.197 e. The van der Waals surface area contributed by atoms with Gasteiger partial charge in [-0.25, -0.2) is 4.98 Å². The van der Waals surface area contributed by atoms with Crippen LogP contribution in [0.25, 0.3) is 11.3 Å². The summed E-state index contributed by atoms with van der Waals surface area (Å²) >= 11 is 0. The van der Waals surface area contributed by atoms with Gasteiger partial charge in [0.25, 0.3) is 0 Å². The van der Waals surface area contributed by atoms with Crippen LogP contribution < -0.4 is 5.73 Å². The Hall–Kier alpha value is -1.84. The first-order valence-electron chi connectivity index (χ1n) is 4.00.